The van der Waals surface area contributed by atoms with Crippen molar-refractivity contribution >= 4 is 22.6 Å². The molecule has 2 nitrogen and oxygen atoms in total. The second-order valence-corrected chi connectivity index (χ2v) is 3.97. The SMILES string of the molecule is Cn1cc(I)c(C2CC2)n1. The molecule has 0 saturated heterocycles. The number of hydrogen-bond donors (Lipinski definition) is 0. The molecule has 1 aliphatic rings. The second-order valence-electron chi connectivity index (χ2n) is 2.81. The Morgan fingerprint density at radius 3 is 2.80 bits per heavy atom. The van der Waals surface area contributed by atoms with Gasteiger partial charge in [-0.2, -0.15) is 5.10 Å². The lowest BCUT2D eigenvalue weighted by atomic mass is 10.3. The summed E-state index contributed by atoms with van der Waals surface area (Å²) >= 11 is 2.35. The maximum Gasteiger partial charge on any atom is 0.0788 e. The molecule has 0 spiro atoms. The van der Waals surface area contributed by atoms with Gasteiger partial charge in [-0.1, -0.05) is 0 Å². The fourth-order valence-electron chi connectivity index (χ4n) is 1.11. The van der Waals surface area contributed by atoms with Gasteiger partial charge >= 0.3 is 0 Å². The van der Waals surface area contributed by atoms with Gasteiger partial charge in [0.1, 0.15) is 0 Å². The molecular formula is C7H9IN2. The highest BCUT2D eigenvalue weighted by Gasteiger charge is 2.27. The predicted octanol–water partition coefficient (Wildman–Crippen LogP) is 1.90. The summed E-state index contributed by atoms with van der Waals surface area (Å²) in [6.45, 7) is 0. The van der Waals surface area contributed by atoms with E-state index in [0.29, 0.717) is 0 Å². The van der Waals surface area contributed by atoms with Crippen molar-refractivity contribution in [2.45, 2.75) is 18.8 Å². The zero-order chi connectivity index (χ0) is 7.14. The van der Waals surface area contributed by atoms with E-state index in [1.165, 1.54) is 22.1 Å². The average molecular weight is 248 g/mol. The fourth-order valence-corrected chi connectivity index (χ4v) is 2.06. The lowest BCUT2D eigenvalue weighted by Crippen LogP contribution is -1.88. The molecule has 1 aromatic rings. The average Bonchev–Trinajstić information content (AvgIpc) is 2.61. The van der Waals surface area contributed by atoms with E-state index in [1.54, 1.807) is 0 Å². The summed E-state index contributed by atoms with van der Waals surface area (Å²) in [5.41, 5.74) is 1.31. The van der Waals surface area contributed by atoms with E-state index in [-0.39, 0.29) is 0 Å². The molecular weight excluding hydrogens is 239 g/mol. The van der Waals surface area contributed by atoms with Gasteiger partial charge < -0.3 is 0 Å². The van der Waals surface area contributed by atoms with E-state index in [0.717, 1.165) is 5.92 Å². The van der Waals surface area contributed by atoms with Gasteiger partial charge in [-0.3, -0.25) is 4.68 Å². The summed E-state index contributed by atoms with van der Waals surface area (Å²) in [6.07, 6.45) is 4.76. The van der Waals surface area contributed by atoms with Crippen molar-refractivity contribution in [1.29, 1.82) is 0 Å². The molecule has 0 radical (unpaired) electrons. The van der Waals surface area contributed by atoms with Gasteiger partial charge in [-0.05, 0) is 35.4 Å². The monoisotopic (exact) mass is 248 g/mol. The molecule has 0 unspecified atom stereocenters. The maximum atomic E-state index is 4.38. The highest BCUT2D eigenvalue weighted by Crippen LogP contribution is 2.40. The van der Waals surface area contributed by atoms with Crippen LogP contribution in [0.15, 0.2) is 6.20 Å². The zero-order valence-electron chi connectivity index (χ0n) is 5.84. The van der Waals surface area contributed by atoms with E-state index in [4.69, 9.17) is 0 Å². The molecule has 2 rings (SSSR count). The van der Waals surface area contributed by atoms with Crippen molar-refractivity contribution in [2.24, 2.45) is 7.05 Å². The minimum Gasteiger partial charge on any atom is -0.274 e. The fraction of sp³-hybridized carbons (Fsp3) is 0.571. The third-order valence-corrected chi connectivity index (χ3v) is 2.61. The molecule has 1 aliphatic carbocycles. The minimum atomic E-state index is 0.785. The van der Waals surface area contributed by atoms with E-state index in [9.17, 15) is 0 Å². The Hall–Kier alpha value is -0.0600. The van der Waals surface area contributed by atoms with Crippen molar-refractivity contribution in [2.75, 3.05) is 0 Å². The van der Waals surface area contributed by atoms with Crippen LogP contribution >= 0.6 is 22.6 Å². The Kier molecular flexibility index (Phi) is 1.47. The Morgan fingerprint density at radius 2 is 2.40 bits per heavy atom. The molecule has 1 saturated carbocycles. The lowest BCUT2D eigenvalue weighted by Gasteiger charge is -1.87. The number of rotatable bonds is 1. The molecule has 54 valence electrons. The molecule has 1 heterocycles. The van der Waals surface area contributed by atoms with E-state index in [1.807, 2.05) is 11.7 Å². The molecule has 0 atom stereocenters. The Bertz CT molecular complexity index is 250. The maximum absolute atomic E-state index is 4.38. The van der Waals surface area contributed by atoms with Crippen LogP contribution in [0.2, 0.25) is 0 Å². The van der Waals surface area contributed by atoms with Gasteiger partial charge in [0.15, 0.2) is 0 Å². The van der Waals surface area contributed by atoms with Crippen molar-refractivity contribution in [1.82, 2.24) is 9.78 Å². The van der Waals surface area contributed by atoms with Gasteiger partial charge in [0.05, 0.1) is 9.26 Å². The first-order chi connectivity index (χ1) is 4.77. The highest BCUT2D eigenvalue weighted by molar-refractivity contribution is 14.1. The molecule has 1 fully saturated rings. The molecule has 0 N–H and O–H groups in total. The quantitative estimate of drug-likeness (QED) is 0.694. The van der Waals surface area contributed by atoms with Crippen LogP contribution in [0.5, 0.6) is 0 Å². The van der Waals surface area contributed by atoms with Gasteiger partial charge in [0.25, 0.3) is 0 Å². The summed E-state index contributed by atoms with van der Waals surface area (Å²) in [6, 6.07) is 0. The summed E-state index contributed by atoms with van der Waals surface area (Å²) in [7, 11) is 1.98. The van der Waals surface area contributed by atoms with Gasteiger partial charge in [-0.25, -0.2) is 0 Å². The van der Waals surface area contributed by atoms with Crippen molar-refractivity contribution in [3.05, 3.63) is 15.5 Å². The standard InChI is InChI=1S/C7H9IN2/c1-10-4-6(8)7(9-10)5-2-3-5/h4-5H,2-3H2,1H3. The predicted molar refractivity (Wildman–Crippen MR) is 47.9 cm³/mol. The lowest BCUT2D eigenvalue weighted by molar-refractivity contribution is 0.744. The summed E-state index contributed by atoms with van der Waals surface area (Å²) in [4.78, 5) is 0. The molecule has 0 aliphatic heterocycles. The van der Waals surface area contributed by atoms with E-state index in [2.05, 4.69) is 33.9 Å². The van der Waals surface area contributed by atoms with Crippen molar-refractivity contribution < 1.29 is 0 Å². The van der Waals surface area contributed by atoms with Crippen LogP contribution < -0.4 is 0 Å². The number of nitrogens with zero attached hydrogens (tertiary/aromatic N) is 2. The van der Waals surface area contributed by atoms with Gasteiger partial charge in [-0.15, -0.1) is 0 Å². The summed E-state index contributed by atoms with van der Waals surface area (Å²) in [5.74, 6) is 0.785. The number of halogens is 1. The number of aryl methyl sites for hydroxylation is 1. The van der Waals surface area contributed by atoms with Crippen molar-refractivity contribution in [3.63, 3.8) is 0 Å². The smallest absolute Gasteiger partial charge is 0.0788 e. The van der Waals surface area contributed by atoms with Crippen LogP contribution in [-0.2, 0) is 7.05 Å². The van der Waals surface area contributed by atoms with Crippen LogP contribution in [0.25, 0.3) is 0 Å². The Balaban J connectivity index is 2.38. The first kappa shape index (κ1) is 6.64. The third-order valence-electron chi connectivity index (χ3n) is 1.77. The van der Waals surface area contributed by atoms with E-state index < -0.39 is 0 Å². The van der Waals surface area contributed by atoms with Crippen molar-refractivity contribution in [3.8, 4) is 0 Å². The first-order valence-electron chi connectivity index (χ1n) is 3.46. The van der Waals surface area contributed by atoms with Gasteiger partial charge in [0.2, 0.25) is 0 Å². The first-order valence-corrected chi connectivity index (χ1v) is 4.54. The molecule has 0 amide bonds. The van der Waals surface area contributed by atoms with Gasteiger partial charge in [0, 0.05) is 19.2 Å². The number of hydrogen-bond acceptors (Lipinski definition) is 1. The van der Waals surface area contributed by atoms with Crippen LogP contribution in [0.3, 0.4) is 0 Å². The third kappa shape index (κ3) is 1.07. The molecule has 0 bridgehead atoms. The molecule has 0 aromatic carbocycles. The Labute approximate surface area is 73.8 Å². The minimum absolute atomic E-state index is 0.785. The molecule has 1 aromatic heterocycles. The normalized spacial score (nSPS) is 17.8. The van der Waals surface area contributed by atoms with Crippen LogP contribution in [0.4, 0.5) is 0 Å². The highest BCUT2D eigenvalue weighted by atomic mass is 127. The molecule has 10 heavy (non-hydrogen) atoms. The molecule has 3 heteroatoms. The summed E-state index contributed by atoms with van der Waals surface area (Å²) in [5, 5.41) is 4.38. The van der Waals surface area contributed by atoms with Crippen LogP contribution in [0.1, 0.15) is 24.5 Å². The number of aromatic nitrogens is 2. The second kappa shape index (κ2) is 2.22. The Morgan fingerprint density at radius 1 is 1.70 bits per heavy atom. The largest absolute Gasteiger partial charge is 0.274 e. The van der Waals surface area contributed by atoms with Crippen LogP contribution in [-0.4, -0.2) is 9.78 Å². The summed E-state index contributed by atoms with van der Waals surface area (Å²) < 4.78 is 3.22. The van der Waals surface area contributed by atoms with Crippen LogP contribution in [0, 0.1) is 3.57 Å². The topological polar surface area (TPSA) is 17.8 Å². The van der Waals surface area contributed by atoms with E-state index >= 15 is 0 Å². The zero-order valence-corrected chi connectivity index (χ0v) is 8.00.